The Morgan fingerprint density at radius 1 is 0.850 bits per heavy atom. The van der Waals surface area contributed by atoms with E-state index in [1.165, 1.54) is 0 Å². The van der Waals surface area contributed by atoms with Crippen LogP contribution in [0.15, 0.2) is 102 Å². The summed E-state index contributed by atoms with van der Waals surface area (Å²) in [4.78, 5) is 43.9. The van der Waals surface area contributed by atoms with E-state index in [2.05, 4.69) is 0 Å². The number of carbonyl (C=O) groups is 3. The van der Waals surface area contributed by atoms with Crippen molar-refractivity contribution in [3.8, 4) is 5.75 Å². The number of hydrogen-bond acceptors (Lipinski definition) is 6. The topological polar surface area (TPSA) is 76.0 Å². The highest BCUT2D eigenvalue weighted by molar-refractivity contribution is 6.32. The molecule has 1 fully saturated rings. The number of Topliss-reactive ketones (excluding diaryl/α,β-unsaturated/α-hetero) is 3. The monoisotopic (exact) mass is 546 g/mol. The molecule has 196 valence electrons. The third-order valence-corrected chi connectivity index (χ3v) is 8.70. The number of rotatable bonds is 4. The maximum Gasteiger partial charge on any atom is 0.187 e. The summed E-state index contributed by atoms with van der Waals surface area (Å²) in [6.45, 7) is 0. The zero-order valence-electron chi connectivity index (χ0n) is 21.5. The zero-order valence-corrected chi connectivity index (χ0v) is 22.2. The van der Waals surface area contributed by atoms with Gasteiger partial charge < -0.3 is 4.74 Å². The molecule has 0 N–H and O–H groups in total. The molecule has 0 unspecified atom stereocenters. The van der Waals surface area contributed by atoms with Crippen molar-refractivity contribution in [2.24, 2.45) is 10.5 Å². The van der Waals surface area contributed by atoms with Crippen molar-refractivity contribution >= 4 is 35.2 Å². The summed E-state index contributed by atoms with van der Waals surface area (Å²) >= 11 is 6.14. The molecule has 0 aromatic heterocycles. The molecule has 4 aromatic carbocycles. The van der Waals surface area contributed by atoms with Crippen LogP contribution in [-0.2, 0) is 0 Å². The Morgan fingerprint density at radius 2 is 1.48 bits per heavy atom. The summed E-state index contributed by atoms with van der Waals surface area (Å²) in [5, 5.41) is 6.97. The van der Waals surface area contributed by atoms with E-state index in [4.69, 9.17) is 21.4 Å². The molecule has 40 heavy (non-hydrogen) atoms. The Bertz CT molecular complexity index is 1690. The maximum absolute atomic E-state index is 14.7. The summed E-state index contributed by atoms with van der Waals surface area (Å²) < 4.78 is 5.39. The molecular formula is C33H23ClN2O4. The quantitative estimate of drug-likeness (QED) is 0.226. The predicted molar refractivity (Wildman–Crippen MR) is 151 cm³/mol. The first-order valence-electron chi connectivity index (χ1n) is 13.0. The van der Waals surface area contributed by atoms with Crippen molar-refractivity contribution in [3.05, 3.63) is 135 Å². The number of ketones is 3. The number of ether oxygens (including phenoxy) is 1. The van der Waals surface area contributed by atoms with Gasteiger partial charge in [0, 0.05) is 27.6 Å². The van der Waals surface area contributed by atoms with Crippen LogP contribution < -0.4 is 4.74 Å². The Kier molecular flexibility index (Phi) is 5.51. The summed E-state index contributed by atoms with van der Waals surface area (Å²) in [7, 11) is 1.57. The van der Waals surface area contributed by atoms with E-state index in [0.717, 1.165) is 11.1 Å². The third-order valence-electron chi connectivity index (χ3n) is 8.45. The van der Waals surface area contributed by atoms with E-state index in [1.807, 2.05) is 36.4 Å². The van der Waals surface area contributed by atoms with Crippen molar-refractivity contribution in [3.63, 3.8) is 0 Å². The molecule has 7 heteroatoms. The van der Waals surface area contributed by atoms with Gasteiger partial charge >= 0.3 is 0 Å². The van der Waals surface area contributed by atoms with Gasteiger partial charge in [0.05, 0.1) is 19.4 Å². The van der Waals surface area contributed by atoms with Gasteiger partial charge in [0.25, 0.3) is 0 Å². The Labute approximate surface area is 235 Å². The fraction of sp³-hybridized carbons (Fsp3) is 0.152. The summed E-state index contributed by atoms with van der Waals surface area (Å²) in [6, 6.07) is 26.8. The SMILES string of the molecule is COc1ccc([C@@H]2[C@@H](C(=O)c3ccc(Cl)cc3)N3N=Cc4ccccc4[C@H]3C23C(=O)c2ccccc2C3=O)cc1. The molecule has 1 spiro atoms. The summed E-state index contributed by atoms with van der Waals surface area (Å²) in [5.74, 6) is -1.02. The summed E-state index contributed by atoms with van der Waals surface area (Å²) in [6.07, 6.45) is 1.70. The lowest BCUT2D eigenvalue weighted by atomic mass is 9.63. The van der Waals surface area contributed by atoms with Gasteiger partial charge in [0.1, 0.15) is 17.2 Å². The fourth-order valence-electron chi connectivity index (χ4n) is 6.75. The Balaban J connectivity index is 1.54. The number of hydrogen-bond donors (Lipinski definition) is 0. The van der Waals surface area contributed by atoms with Crippen molar-refractivity contribution in [2.75, 3.05) is 7.11 Å². The lowest BCUT2D eigenvalue weighted by molar-refractivity contribution is 0.0586. The smallest absolute Gasteiger partial charge is 0.187 e. The lowest BCUT2D eigenvalue weighted by Gasteiger charge is -2.36. The van der Waals surface area contributed by atoms with E-state index in [0.29, 0.717) is 33.0 Å². The van der Waals surface area contributed by atoms with Crippen molar-refractivity contribution in [1.29, 1.82) is 0 Å². The standard InChI is InChI=1S/C33H23ClN2O4/c1-40-23-16-12-19(13-17-23)27-28(29(37)20-10-14-22(34)15-11-20)36-30(24-7-3-2-6-21(24)18-35-36)33(27)31(38)25-8-4-5-9-26(25)32(33)39/h2-18,27-28,30H,1H3/t27-,28+,30+/m1/s1. The molecule has 6 nitrogen and oxygen atoms in total. The van der Waals surface area contributed by atoms with Crippen molar-refractivity contribution < 1.29 is 19.1 Å². The maximum atomic E-state index is 14.7. The average molecular weight is 547 g/mol. The van der Waals surface area contributed by atoms with Gasteiger partial charge in [-0.3, -0.25) is 19.4 Å². The highest BCUT2D eigenvalue weighted by Gasteiger charge is 2.72. The first-order chi connectivity index (χ1) is 19.5. The van der Waals surface area contributed by atoms with Gasteiger partial charge in [0.15, 0.2) is 17.3 Å². The van der Waals surface area contributed by atoms with Gasteiger partial charge in [0.2, 0.25) is 0 Å². The van der Waals surface area contributed by atoms with Crippen LogP contribution in [0.4, 0.5) is 0 Å². The molecule has 7 rings (SSSR count). The van der Waals surface area contributed by atoms with Gasteiger partial charge in [-0.2, -0.15) is 5.10 Å². The minimum absolute atomic E-state index is 0.243. The van der Waals surface area contributed by atoms with Gasteiger partial charge in [-0.15, -0.1) is 0 Å². The second kappa shape index (κ2) is 9.00. The third kappa shape index (κ3) is 3.23. The second-order valence-electron chi connectivity index (χ2n) is 10.3. The Morgan fingerprint density at radius 3 is 2.12 bits per heavy atom. The number of halogens is 1. The minimum Gasteiger partial charge on any atom is -0.497 e. The van der Waals surface area contributed by atoms with Crippen LogP contribution in [0.1, 0.15) is 59.7 Å². The van der Waals surface area contributed by atoms with Crippen LogP contribution in [0, 0.1) is 5.41 Å². The van der Waals surface area contributed by atoms with Crippen LogP contribution in [0.25, 0.3) is 0 Å². The lowest BCUT2D eigenvalue weighted by Crippen LogP contribution is -2.43. The molecule has 3 atom stereocenters. The predicted octanol–water partition coefficient (Wildman–Crippen LogP) is 6.15. The van der Waals surface area contributed by atoms with E-state index >= 15 is 0 Å². The highest BCUT2D eigenvalue weighted by Crippen LogP contribution is 2.64. The second-order valence-corrected chi connectivity index (χ2v) is 10.7. The molecule has 2 heterocycles. The number of hydrazone groups is 1. The van der Waals surface area contributed by atoms with Crippen LogP contribution in [0.5, 0.6) is 5.75 Å². The van der Waals surface area contributed by atoms with Crippen LogP contribution in [0.3, 0.4) is 0 Å². The summed E-state index contributed by atoms with van der Waals surface area (Å²) in [5.41, 5.74) is 1.84. The van der Waals surface area contributed by atoms with Crippen LogP contribution >= 0.6 is 11.6 Å². The number of nitrogens with zero attached hydrogens (tertiary/aromatic N) is 2. The van der Waals surface area contributed by atoms with Crippen molar-refractivity contribution in [1.82, 2.24) is 5.01 Å². The molecule has 1 aliphatic carbocycles. The zero-order chi connectivity index (χ0) is 27.6. The Hall–Kier alpha value is -4.55. The highest BCUT2D eigenvalue weighted by atomic mass is 35.5. The molecule has 4 aromatic rings. The van der Waals surface area contributed by atoms with Crippen LogP contribution in [0.2, 0.25) is 5.02 Å². The van der Waals surface area contributed by atoms with E-state index in [-0.39, 0.29) is 17.3 Å². The fourth-order valence-corrected chi connectivity index (χ4v) is 6.87. The minimum atomic E-state index is -1.61. The van der Waals surface area contributed by atoms with E-state index < -0.39 is 23.4 Å². The van der Waals surface area contributed by atoms with Gasteiger partial charge in [-0.25, -0.2) is 0 Å². The first-order valence-corrected chi connectivity index (χ1v) is 13.4. The van der Waals surface area contributed by atoms with Gasteiger partial charge in [-0.1, -0.05) is 72.3 Å². The number of fused-ring (bicyclic) bond motifs is 5. The normalized spacial score (nSPS) is 21.8. The molecule has 0 bridgehead atoms. The first kappa shape index (κ1) is 24.5. The number of carbonyl (C=O) groups excluding carboxylic acids is 3. The molecule has 0 saturated carbocycles. The number of benzene rings is 4. The largest absolute Gasteiger partial charge is 0.497 e. The molecule has 1 saturated heterocycles. The molecule has 2 aliphatic heterocycles. The van der Waals surface area contributed by atoms with Crippen molar-refractivity contribution in [2.45, 2.75) is 18.0 Å². The van der Waals surface area contributed by atoms with Crippen LogP contribution in [-0.4, -0.2) is 41.7 Å². The molecular weight excluding hydrogens is 524 g/mol. The molecule has 3 aliphatic rings. The van der Waals surface area contributed by atoms with Gasteiger partial charge in [-0.05, 0) is 53.1 Å². The average Bonchev–Trinajstić information content (AvgIpc) is 3.43. The van der Waals surface area contributed by atoms with E-state index in [1.54, 1.807) is 79.0 Å². The van der Waals surface area contributed by atoms with E-state index in [9.17, 15) is 14.4 Å². The molecule has 0 radical (unpaired) electrons. The molecule has 0 amide bonds. The number of methoxy groups -OCH3 is 1.